The molecule has 0 bridgehead atoms. The first kappa shape index (κ1) is 13.1. The molecule has 0 spiro atoms. The van der Waals surface area contributed by atoms with Crippen LogP contribution in [0, 0.1) is 6.92 Å². The summed E-state index contributed by atoms with van der Waals surface area (Å²) in [6.45, 7) is 1.55. The monoisotopic (exact) mass is 271 g/mol. The average molecular weight is 271 g/mol. The van der Waals surface area contributed by atoms with Gasteiger partial charge in [0, 0.05) is 12.4 Å². The molecule has 0 aliphatic rings. The van der Waals surface area contributed by atoms with Crippen molar-refractivity contribution in [1.82, 2.24) is 14.8 Å². The predicted octanol–water partition coefficient (Wildman–Crippen LogP) is 2.29. The fraction of sp³-hybridized carbons (Fsp3) is 0.182. The van der Waals surface area contributed by atoms with E-state index in [9.17, 15) is 18.0 Å². The third-order valence-electron chi connectivity index (χ3n) is 2.42. The van der Waals surface area contributed by atoms with Crippen molar-refractivity contribution in [2.45, 2.75) is 13.1 Å². The molecule has 5 nitrogen and oxygen atoms in total. The lowest BCUT2D eigenvalue weighted by Crippen LogP contribution is -2.06. The van der Waals surface area contributed by atoms with Crippen molar-refractivity contribution < 1.29 is 23.1 Å². The molecule has 0 aromatic carbocycles. The number of aromatic carboxylic acids is 1. The standard InChI is InChI=1S/C11H8F3N3O2/c1-6-2-7(10(18)19)3-15-9(6)17-5-8(4-16-17)11(12,13)14/h2-5H,1H3,(H,18,19). The number of pyridine rings is 1. The summed E-state index contributed by atoms with van der Waals surface area (Å²) in [5.41, 5.74) is -0.516. The van der Waals surface area contributed by atoms with E-state index in [0.29, 0.717) is 11.8 Å². The van der Waals surface area contributed by atoms with Gasteiger partial charge in [0.15, 0.2) is 5.82 Å². The number of carboxylic acids is 1. The third kappa shape index (κ3) is 2.56. The quantitative estimate of drug-likeness (QED) is 0.909. The summed E-state index contributed by atoms with van der Waals surface area (Å²) >= 11 is 0. The molecule has 2 aromatic rings. The van der Waals surface area contributed by atoms with Gasteiger partial charge in [-0.2, -0.15) is 18.3 Å². The molecule has 0 radical (unpaired) electrons. The molecular formula is C11H8F3N3O2. The summed E-state index contributed by atoms with van der Waals surface area (Å²) < 4.78 is 38.3. The Bertz CT molecular complexity index is 634. The number of rotatable bonds is 2. The van der Waals surface area contributed by atoms with E-state index < -0.39 is 17.7 Å². The molecule has 1 N–H and O–H groups in total. The van der Waals surface area contributed by atoms with Gasteiger partial charge in [0.05, 0.1) is 17.3 Å². The molecule has 0 saturated carbocycles. The Hall–Kier alpha value is -2.38. The van der Waals surface area contributed by atoms with E-state index in [1.54, 1.807) is 6.92 Å². The van der Waals surface area contributed by atoms with Crippen LogP contribution in [-0.4, -0.2) is 25.8 Å². The molecule has 0 fully saturated rings. The number of alkyl halides is 3. The van der Waals surface area contributed by atoms with Crippen LogP contribution < -0.4 is 0 Å². The van der Waals surface area contributed by atoms with Crippen molar-refractivity contribution in [3.8, 4) is 5.82 Å². The van der Waals surface area contributed by atoms with Gasteiger partial charge in [-0.3, -0.25) is 0 Å². The van der Waals surface area contributed by atoms with Crippen molar-refractivity contribution in [3.05, 3.63) is 41.3 Å². The van der Waals surface area contributed by atoms with Crippen LogP contribution >= 0.6 is 0 Å². The minimum Gasteiger partial charge on any atom is -0.478 e. The van der Waals surface area contributed by atoms with Crippen molar-refractivity contribution in [3.63, 3.8) is 0 Å². The van der Waals surface area contributed by atoms with Gasteiger partial charge in [-0.1, -0.05) is 0 Å². The molecule has 0 aliphatic heterocycles. The first-order chi connectivity index (χ1) is 8.79. The largest absolute Gasteiger partial charge is 0.478 e. The molecular weight excluding hydrogens is 263 g/mol. The van der Waals surface area contributed by atoms with E-state index in [0.717, 1.165) is 17.1 Å². The van der Waals surface area contributed by atoms with Crippen LogP contribution in [0.1, 0.15) is 21.5 Å². The van der Waals surface area contributed by atoms with Crippen LogP contribution in [-0.2, 0) is 6.18 Å². The lowest BCUT2D eigenvalue weighted by molar-refractivity contribution is -0.137. The maximum atomic E-state index is 12.4. The number of nitrogens with zero attached hydrogens (tertiary/aromatic N) is 3. The van der Waals surface area contributed by atoms with E-state index in [2.05, 4.69) is 10.1 Å². The maximum Gasteiger partial charge on any atom is 0.419 e. The third-order valence-corrected chi connectivity index (χ3v) is 2.42. The van der Waals surface area contributed by atoms with Crippen LogP contribution in [0.2, 0.25) is 0 Å². The fourth-order valence-electron chi connectivity index (χ4n) is 1.51. The lowest BCUT2D eigenvalue weighted by atomic mass is 10.2. The van der Waals surface area contributed by atoms with E-state index in [-0.39, 0.29) is 11.4 Å². The van der Waals surface area contributed by atoms with Crippen LogP contribution in [0.5, 0.6) is 0 Å². The SMILES string of the molecule is Cc1cc(C(=O)O)cnc1-n1cc(C(F)(F)F)cn1. The number of halogens is 3. The highest BCUT2D eigenvalue weighted by Gasteiger charge is 2.32. The molecule has 19 heavy (non-hydrogen) atoms. The second-order valence-electron chi connectivity index (χ2n) is 3.84. The molecule has 8 heteroatoms. The number of carbonyl (C=O) groups is 1. The first-order valence-electron chi connectivity index (χ1n) is 5.11. The van der Waals surface area contributed by atoms with Gasteiger partial charge in [-0.25, -0.2) is 14.5 Å². The number of hydrogen-bond acceptors (Lipinski definition) is 3. The highest BCUT2D eigenvalue weighted by Crippen LogP contribution is 2.29. The summed E-state index contributed by atoms with van der Waals surface area (Å²) in [6.07, 6.45) is -1.92. The molecule has 0 atom stereocenters. The van der Waals surface area contributed by atoms with Crippen LogP contribution in [0.25, 0.3) is 5.82 Å². The fourth-order valence-corrected chi connectivity index (χ4v) is 1.51. The molecule has 100 valence electrons. The zero-order valence-corrected chi connectivity index (χ0v) is 9.64. The Morgan fingerprint density at radius 1 is 1.37 bits per heavy atom. The van der Waals surface area contributed by atoms with Gasteiger partial charge >= 0.3 is 12.1 Å². The normalized spacial score (nSPS) is 11.6. The number of hydrogen-bond donors (Lipinski definition) is 1. The lowest BCUT2D eigenvalue weighted by Gasteiger charge is -2.05. The van der Waals surface area contributed by atoms with E-state index in [4.69, 9.17) is 5.11 Å². The summed E-state index contributed by atoms with van der Waals surface area (Å²) in [5, 5.41) is 12.3. The average Bonchev–Trinajstić information content (AvgIpc) is 2.77. The number of aromatic nitrogens is 3. The maximum absolute atomic E-state index is 12.4. The molecule has 2 aromatic heterocycles. The zero-order chi connectivity index (χ0) is 14.2. The van der Waals surface area contributed by atoms with Crippen molar-refractivity contribution in [2.24, 2.45) is 0 Å². The summed E-state index contributed by atoms with van der Waals surface area (Å²) in [5.74, 6) is -1.00. The van der Waals surface area contributed by atoms with Crippen molar-refractivity contribution in [2.75, 3.05) is 0 Å². The van der Waals surface area contributed by atoms with Crippen LogP contribution in [0.4, 0.5) is 13.2 Å². The molecule has 0 aliphatic carbocycles. The topological polar surface area (TPSA) is 68.0 Å². The van der Waals surface area contributed by atoms with Crippen molar-refractivity contribution >= 4 is 5.97 Å². The number of carboxylic acid groups (broad SMARTS) is 1. The molecule has 0 unspecified atom stereocenters. The van der Waals surface area contributed by atoms with E-state index in [1.807, 2.05) is 0 Å². The van der Waals surface area contributed by atoms with Gasteiger partial charge in [-0.15, -0.1) is 0 Å². The second-order valence-corrected chi connectivity index (χ2v) is 3.84. The Balaban J connectivity index is 2.43. The molecule has 2 rings (SSSR count). The Morgan fingerprint density at radius 2 is 2.05 bits per heavy atom. The van der Waals surface area contributed by atoms with Gasteiger partial charge in [0.25, 0.3) is 0 Å². The molecule has 2 heterocycles. The second kappa shape index (κ2) is 4.38. The van der Waals surface area contributed by atoms with Crippen LogP contribution in [0.3, 0.4) is 0 Å². The van der Waals surface area contributed by atoms with Gasteiger partial charge in [-0.05, 0) is 18.6 Å². The summed E-state index contributed by atoms with van der Waals surface area (Å²) in [4.78, 5) is 14.5. The Labute approximate surface area is 105 Å². The smallest absolute Gasteiger partial charge is 0.419 e. The highest BCUT2D eigenvalue weighted by atomic mass is 19.4. The van der Waals surface area contributed by atoms with Gasteiger partial charge in [0.2, 0.25) is 0 Å². The Kier molecular flexibility index (Phi) is 3.01. The molecule has 0 amide bonds. The minimum atomic E-state index is -4.48. The predicted molar refractivity (Wildman–Crippen MR) is 58.1 cm³/mol. The number of aryl methyl sites for hydroxylation is 1. The first-order valence-corrected chi connectivity index (χ1v) is 5.11. The van der Waals surface area contributed by atoms with E-state index >= 15 is 0 Å². The summed E-state index contributed by atoms with van der Waals surface area (Å²) in [6, 6.07) is 1.32. The van der Waals surface area contributed by atoms with Gasteiger partial charge in [0.1, 0.15) is 0 Å². The minimum absolute atomic E-state index is 0.0375. The van der Waals surface area contributed by atoms with Gasteiger partial charge < -0.3 is 5.11 Å². The zero-order valence-electron chi connectivity index (χ0n) is 9.64. The van der Waals surface area contributed by atoms with Crippen molar-refractivity contribution in [1.29, 1.82) is 0 Å². The van der Waals surface area contributed by atoms with E-state index in [1.165, 1.54) is 6.07 Å². The molecule has 0 saturated heterocycles. The highest BCUT2D eigenvalue weighted by molar-refractivity contribution is 5.87. The summed E-state index contributed by atoms with van der Waals surface area (Å²) in [7, 11) is 0. The Morgan fingerprint density at radius 3 is 2.53 bits per heavy atom. The van der Waals surface area contributed by atoms with Crippen LogP contribution in [0.15, 0.2) is 24.7 Å².